The van der Waals surface area contributed by atoms with Gasteiger partial charge in [-0.25, -0.2) is 8.42 Å². The van der Waals surface area contributed by atoms with Crippen LogP contribution in [0.1, 0.15) is 73.9 Å². The molecule has 0 N–H and O–H groups in total. The van der Waals surface area contributed by atoms with E-state index in [9.17, 15) is 21.6 Å². The highest BCUT2D eigenvalue weighted by atomic mass is 35.5. The molecule has 0 spiro atoms. The van der Waals surface area contributed by atoms with Gasteiger partial charge in [-0.2, -0.15) is 18.3 Å². The summed E-state index contributed by atoms with van der Waals surface area (Å²) in [5, 5.41) is 5.03. The molecular formula is C30H35ClF3N3O2S. The van der Waals surface area contributed by atoms with Gasteiger partial charge >= 0.3 is 6.18 Å². The summed E-state index contributed by atoms with van der Waals surface area (Å²) in [5.41, 5.74) is 1.95. The molecule has 2 heterocycles. The number of hydrogen-bond acceptors (Lipinski definition) is 4. The van der Waals surface area contributed by atoms with E-state index in [1.807, 2.05) is 6.92 Å². The molecule has 3 aromatic rings. The molecule has 5 rings (SSSR count). The Balaban J connectivity index is 1.37. The second kappa shape index (κ2) is 11.1. The molecule has 1 aliphatic carbocycles. The molecule has 0 unspecified atom stereocenters. The maximum atomic E-state index is 14.2. The fourth-order valence-electron chi connectivity index (χ4n) is 6.66. The molecule has 0 atom stereocenters. The van der Waals surface area contributed by atoms with Crippen molar-refractivity contribution in [3.63, 3.8) is 0 Å². The normalized spacial score (nSPS) is 23.4. The zero-order valence-corrected chi connectivity index (χ0v) is 24.4. The van der Waals surface area contributed by atoms with Crippen molar-refractivity contribution >= 4 is 21.4 Å². The predicted octanol–water partition coefficient (Wildman–Crippen LogP) is 7.38. The number of piperidine rings is 1. The number of rotatable bonds is 6. The average Bonchev–Trinajstić information content (AvgIpc) is 3.33. The van der Waals surface area contributed by atoms with Gasteiger partial charge in [-0.3, -0.25) is 4.68 Å². The topological polar surface area (TPSA) is 55.2 Å². The Morgan fingerprint density at radius 1 is 0.975 bits per heavy atom. The number of benzene rings is 2. The molecule has 40 heavy (non-hydrogen) atoms. The Morgan fingerprint density at radius 2 is 1.57 bits per heavy atom. The summed E-state index contributed by atoms with van der Waals surface area (Å²) in [6.45, 7) is 6.84. The first kappa shape index (κ1) is 29.1. The highest BCUT2D eigenvalue weighted by Crippen LogP contribution is 2.49. The van der Waals surface area contributed by atoms with Crippen molar-refractivity contribution in [2.45, 2.75) is 86.7 Å². The van der Waals surface area contributed by atoms with Crippen LogP contribution in [0.2, 0.25) is 5.02 Å². The zero-order valence-electron chi connectivity index (χ0n) is 22.8. The second-order valence-corrected chi connectivity index (χ2v) is 13.8. The van der Waals surface area contributed by atoms with Gasteiger partial charge in [0.15, 0.2) is 9.84 Å². The molecule has 216 valence electrons. The van der Waals surface area contributed by atoms with Crippen molar-refractivity contribution in [1.82, 2.24) is 14.7 Å². The summed E-state index contributed by atoms with van der Waals surface area (Å²) < 4.78 is 69.0. The van der Waals surface area contributed by atoms with Gasteiger partial charge in [0.25, 0.3) is 0 Å². The van der Waals surface area contributed by atoms with Crippen LogP contribution in [0.25, 0.3) is 0 Å². The Kier molecular flexibility index (Phi) is 8.12. The van der Waals surface area contributed by atoms with Crippen molar-refractivity contribution in [3.8, 4) is 0 Å². The fraction of sp³-hybridized carbons (Fsp3) is 0.500. The van der Waals surface area contributed by atoms with Gasteiger partial charge in [0.1, 0.15) is 4.75 Å². The van der Waals surface area contributed by atoms with Crippen LogP contribution in [0.5, 0.6) is 0 Å². The summed E-state index contributed by atoms with van der Waals surface area (Å²) in [6, 6.07) is 13.2. The van der Waals surface area contributed by atoms with E-state index >= 15 is 0 Å². The predicted molar refractivity (Wildman–Crippen MR) is 150 cm³/mol. The summed E-state index contributed by atoms with van der Waals surface area (Å²) in [4.78, 5) is 2.61. The lowest BCUT2D eigenvalue weighted by Gasteiger charge is -2.45. The summed E-state index contributed by atoms with van der Waals surface area (Å²) in [6.07, 6.45) is -0.442. The Labute approximate surface area is 239 Å². The van der Waals surface area contributed by atoms with E-state index in [0.717, 1.165) is 50.3 Å². The molecule has 1 aromatic heterocycles. The van der Waals surface area contributed by atoms with Gasteiger partial charge in [-0.15, -0.1) is 0 Å². The van der Waals surface area contributed by atoms with Gasteiger partial charge < -0.3 is 4.90 Å². The maximum absolute atomic E-state index is 14.2. The third-order valence-electron chi connectivity index (χ3n) is 8.84. The first-order valence-corrected chi connectivity index (χ1v) is 15.8. The molecule has 0 amide bonds. The first-order valence-electron chi connectivity index (χ1n) is 13.9. The van der Waals surface area contributed by atoms with E-state index in [1.165, 1.54) is 42.1 Å². The molecule has 1 saturated carbocycles. The van der Waals surface area contributed by atoms with E-state index in [1.54, 1.807) is 0 Å². The standard InChI is InChI=1S/C30H35ClF3N3O2S/c1-3-37-28(20-21(2)35-37)22-14-18-36(19-15-22)26-12-16-29(17-13-26,23-4-6-24(7-5-23)30(32,33)34)40(38,39)27-10-8-25(31)9-11-27/h4-11,20,22,26H,3,12-19H2,1-2H3. The smallest absolute Gasteiger partial charge is 0.300 e. The molecular weight excluding hydrogens is 559 g/mol. The van der Waals surface area contributed by atoms with Crippen molar-refractivity contribution < 1.29 is 21.6 Å². The van der Waals surface area contributed by atoms with Crippen molar-refractivity contribution in [2.24, 2.45) is 0 Å². The van der Waals surface area contributed by atoms with E-state index in [2.05, 4.69) is 27.7 Å². The molecule has 10 heteroatoms. The van der Waals surface area contributed by atoms with E-state index in [0.29, 0.717) is 42.2 Å². The van der Waals surface area contributed by atoms with Crippen LogP contribution in [0.15, 0.2) is 59.5 Å². The third-order valence-corrected chi connectivity index (χ3v) is 11.7. The summed E-state index contributed by atoms with van der Waals surface area (Å²) >= 11 is 6.02. The van der Waals surface area contributed by atoms with Crippen LogP contribution >= 0.6 is 11.6 Å². The fourth-order valence-corrected chi connectivity index (χ4v) is 8.95. The molecule has 2 fully saturated rings. The minimum atomic E-state index is -4.49. The number of sulfone groups is 1. The third kappa shape index (κ3) is 5.44. The summed E-state index contributed by atoms with van der Waals surface area (Å²) in [7, 11) is -3.91. The van der Waals surface area contributed by atoms with Gasteiger partial charge in [-0.05, 0) is 113 Å². The van der Waals surface area contributed by atoms with Crippen LogP contribution in [-0.4, -0.2) is 42.2 Å². The van der Waals surface area contributed by atoms with Crippen LogP contribution in [0.4, 0.5) is 13.2 Å². The number of hydrogen-bond donors (Lipinski definition) is 0. The van der Waals surface area contributed by atoms with Crippen LogP contribution in [-0.2, 0) is 27.3 Å². The van der Waals surface area contributed by atoms with Crippen LogP contribution in [0.3, 0.4) is 0 Å². The van der Waals surface area contributed by atoms with Crippen LogP contribution in [0, 0.1) is 6.92 Å². The van der Waals surface area contributed by atoms with E-state index < -0.39 is 26.3 Å². The van der Waals surface area contributed by atoms with Crippen molar-refractivity contribution in [2.75, 3.05) is 13.1 Å². The monoisotopic (exact) mass is 593 g/mol. The molecule has 0 bridgehead atoms. The largest absolute Gasteiger partial charge is 0.416 e. The second-order valence-electron chi connectivity index (χ2n) is 11.1. The number of halogens is 4. The van der Waals surface area contributed by atoms with E-state index in [4.69, 9.17) is 11.6 Å². The lowest BCUT2D eigenvalue weighted by Crippen LogP contribution is -2.48. The van der Waals surface area contributed by atoms with Gasteiger partial charge in [0.05, 0.1) is 16.2 Å². The molecule has 1 aliphatic heterocycles. The first-order chi connectivity index (χ1) is 18.9. The Bertz CT molecular complexity index is 1420. The minimum absolute atomic E-state index is 0.138. The maximum Gasteiger partial charge on any atom is 0.416 e. The molecule has 2 aromatic carbocycles. The lowest BCUT2D eigenvalue weighted by molar-refractivity contribution is -0.137. The number of aromatic nitrogens is 2. The minimum Gasteiger partial charge on any atom is -0.300 e. The number of aryl methyl sites for hydroxylation is 2. The number of likely N-dealkylation sites (tertiary alicyclic amines) is 1. The van der Waals surface area contributed by atoms with Gasteiger partial charge in [0, 0.05) is 29.2 Å². The highest BCUT2D eigenvalue weighted by Gasteiger charge is 2.49. The Morgan fingerprint density at radius 3 is 2.12 bits per heavy atom. The van der Waals surface area contributed by atoms with Crippen LogP contribution < -0.4 is 0 Å². The molecule has 5 nitrogen and oxygen atoms in total. The molecule has 0 radical (unpaired) electrons. The quantitative estimate of drug-likeness (QED) is 0.299. The Hall–Kier alpha value is -2.36. The van der Waals surface area contributed by atoms with Gasteiger partial charge in [-0.1, -0.05) is 23.7 Å². The SMILES string of the molecule is CCn1nc(C)cc1C1CCN(C2CCC(c3ccc(C(F)(F)F)cc3)(S(=O)(=O)c3ccc(Cl)cc3)CC2)CC1. The zero-order chi connectivity index (χ0) is 28.7. The lowest BCUT2D eigenvalue weighted by atomic mass is 9.79. The van der Waals surface area contributed by atoms with Crippen molar-refractivity contribution in [3.05, 3.63) is 82.1 Å². The average molecular weight is 594 g/mol. The summed E-state index contributed by atoms with van der Waals surface area (Å²) in [5.74, 6) is 0.456. The highest BCUT2D eigenvalue weighted by molar-refractivity contribution is 7.92. The molecule has 2 aliphatic rings. The number of alkyl halides is 3. The van der Waals surface area contributed by atoms with Crippen molar-refractivity contribution in [1.29, 1.82) is 0 Å². The number of nitrogens with zero attached hydrogens (tertiary/aromatic N) is 3. The van der Waals surface area contributed by atoms with E-state index in [-0.39, 0.29) is 10.9 Å². The van der Waals surface area contributed by atoms with Gasteiger partial charge in [0.2, 0.25) is 0 Å². The molecule has 1 saturated heterocycles.